The van der Waals surface area contributed by atoms with Gasteiger partial charge in [0.25, 0.3) is 0 Å². The average molecular weight is 651 g/mol. The number of urea groups is 1. The maximum Gasteiger partial charge on any atom is 0.573 e. The third-order valence-corrected chi connectivity index (χ3v) is 7.02. The highest BCUT2D eigenvalue weighted by atomic mass is 32.2. The number of anilines is 1. The number of aryl methyl sites for hydroxylation is 1. The van der Waals surface area contributed by atoms with Crippen LogP contribution in [0.25, 0.3) is 17.1 Å². The number of amidine groups is 1. The molecule has 234 valence electrons. The van der Waals surface area contributed by atoms with Crippen molar-refractivity contribution in [2.45, 2.75) is 26.1 Å². The molecule has 1 N–H and O–H groups in total. The minimum Gasteiger partial charge on any atom is -0.406 e. The number of halogens is 6. The molecule has 0 spiro atoms. The molecule has 1 aliphatic rings. The third kappa shape index (κ3) is 7.79. The number of nitrogens with one attached hydrogen (secondary N) is 1. The van der Waals surface area contributed by atoms with Crippen molar-refractivity contribution in [2.24, 2.45) is 4.99 Å². The first-order valence-corrected chi connectivity index (χ1v) is 13.8. The number of thioether (sulfide) groups is 1. The van der Waals surface area contributed by atoms with Crippen LogP contribution in [0.15, 0.2) is 78.0 Å². The molecule has 3 aromatic carbocycles. The Kier molecular flexibility index (Phi) is 8.83. The van der Waals surface area contributed by atoms with Crippen molar-refractivity contribution in [1.29, 1.82) is 0 Å². The van der Waals surface area contributed by atoms with Crippen molar-refractivity contribution in [2.75, 3.05) is 10.7 Å². The molecule has 2 heterocycles. The van der Waals surface area contributed by atoms with E-state index < -0.39 is 35.7 Å². The largest absolute Gasteiger partial charge is 0.573 e. The van der Waals surface area contributed by atoms with Crippen LogP contribution in [0.3, 0.4) is 0 Å². The minimum absolute atomic E-state index is 0.100. The predicted molar refractivity (Wildman–Crippen MR) is 150 cm³/mol. The van der Waals surface area contributed by atoms with Gasteiger partial charge in [0.15, 0.2) is 11.0 Å². The fraction of sp³-hybridized carbons (Fsp3) is 0.179. The smallest absolute Gasteiger partial charge is 0.406 e. The van der Waals surface area contributed by atoms with E-state index in [4.69, 9.17) is 4.84 Å². The number of amides is 3. The number of aliphatic imine (C=N–C) groups is 1. The lowest BCUT2D eigenvalue weighted by molar-refractivity contribution is -0.274. The molecule has 0 unspecified atom stereocenters. The van der Waals surface area contributed by atoms with Crippen LogP contribution in [-0.2, 0) is 22.4 Å². The topological polar surface area (TPSA) is 111 Å². The van der Waals surface area contributed by atoms with Crippen molar-refractivity contribution in [3.8, 4) is 22.8 Å². The van der Waals surface area contributed by atoms with Gasteiger partial charge in [0, 0.05) is 5.56 Å². The Morgan fingerprint density at radius 2 is 1.73 bits per heavy atom. The zero-order valence-corrected chi connectivity index (χ0v) is 23.7. The normalized spacial score (nSPS) is 14.7. The number of carbonyl (C=O) groups is 2. The number of nitrogens with zero attached hydrogens (tertiary/aromatic N) is 5. The molecular formula is C28H20F6N6O4S. The van der Waals surface area contributed by atoms with Crippen molar-refractivity contribution < 1.29 is 45.5 Å². The minimum atomic E-state index is -4.80. The summed E-state index contributed by atoms with van der Waals surface area (Å²) in [4.78, 5) is 38.8. The zero-order valence-electron chi connectivity index (χ0n) is 22.9. The van der Waals surface area contributed by atoms with E-state index in [0.29, 0.717) is 28.2 Å². The average Bonchev–Trinajstić information content (AvgIpc) is 3.59. The van der Waals surface area contributed by atoms with Gasteiger partial charge in [-0.1, -0.05) is 42.1 Å². The Morgan fingerprint density at radius 3 is 2.40 bits per heavy atom. The third-order valence-electron chi connectivity index (χ3n) is 6.10. The Balaban J connectivity index is 1.18. The number of rotatable bonds is 7. The summed E-state index contributed by atoms with van der Waals surface area (Å²) < 4.78 is 83.1. The standard InChI is InChI=1S/C28H20F6N6O4S/c1-16-2-11-21(27(29,30)31)22(12-16)40-23(41)14-45-26(40)36-25(42)38-43-13-17-3-5-18(6-4-17)24-35-15-39(37-24)19-7-9-20(10-8-19)44-28(32,33)34/h2-12,15H,13-14H2,1H3,(H,38,42)/b36-26-. The second-order valence-electron chi connectivity index (χ2n) is 9.38. The molecular weight excluding hydrogens is 630 g/mol. The van der Waals surface area contributed by atoms with Crippen LogP contribution < -0.4 is 15.1 Å². The predicted octanol–water partition coefficient (Wildman–Crippen LogP) is 6.44. The molecule has 10 nitrogen and oxygen atoms in total. The first kappa shape index (κ1) is 31.5. The molecule has 45 heavy (non-hydrogen) atoms. The molecule has 1 aromatic heterocycles. The maximum absolute atomic E-state index is 13.6. The summed E-state index contributed by atoms with van der Waals surface area (Å²) in [5.41, 5.74) is 2.80. The lowest BCUT2D eigenvalue weighted by Crippen LogP contribution is -2.33. The molecule has 0 radical (unpaired) electrons. The van der Waals surface area contributed by atoms with Crippen LogP contribution in [0.5, 0.6) is 5.75 Å². The molecule has 1 fully saturated rings. The van der Waals surface area contributed by atoms with Gasteiger partial charge in [-0.3, -0.25) is 14.5 Å². The SMILES string of the molecule is Cc1ccc(C(F)(F)F)c(N2C(=O)CS/C2=N\C(=O)NOCc2ccc(-c3ncn(-c4ccc(OC(F)(F)F)cc4)n3)cc2)c1. The summed E-state index contributed by atoms with van der Waals surface area (Å²) in [5.74, 6) is -0.890. The molecule has 1 saturated heterocycles. The van der Waals surface area contributed by atoms with Gasteiger partial charge in [0.05, 0.1) is 29.3 Å². The van der Waals surface area contributed by atoms with Crippen LogP contribution in [0.4, 0.5) is 36.8 Å². The monoisotopic (exact) mass is 650 g/mol. The lowest BCUT2D eigenvalue weighted by atomic mass is 10.1. The first-order chi connectivity index (χ1) is 21.3. The van der Waals surface area contributed by atoms with E-state index in [1.807, 2.05) is 0 Å². The summed E-state index contributed by atoms with van der Waals surface area (Å²) in [6.45, 7) is 1.48. The van der Waals surface area contributed by atoms with Crippen LogP contribution in [0, 0.1) is 6.92 Å². The van der Waals surface area contributed by atoms with E-state index in [9.17, 15) is 35.9 Å². The molecule has 3 amide bonds. The van der Waals surface area contributed by atoms with Gasteiger partial charge >= 0.3 is 18.6 Å². The van der Waals surface area contributed by atoms with Crippen LogP contribution >= 0.6 is 11.8 Å². The molecule has 0 atom stereocenters. The molecule has 1 aliphatic heterocycles. The van der Waals surface area contributed by atoms with Crippen LogP contribution in [-0.4, -0.2) is 44.0 Å². The number of ether oxygens (including phenoxy) is 1. The van der Waals surface area contributed by atoms with E-state index in [0.717, 1.165) is 34.9 Å². The van der Waals surface area contributed by atoms with Crippen molar-refractivity contribution in [3.05, 3.63) is 89.7 Å². The van der Waals surface area contributed by atoms with Gasteiger partial charge in [-0.05, 0) is 54.4 Å². The number of alkyl halides is 6. The van der Waals surface area contributed by atoms with Gasteiger partial charge in [0.1, 0.15) is 12.1 Å². The number of hydrogen-bond acceptors (Lipinski definition) is 7. The second-order valence-corrected chi connectivity index (χ2v) is 10.3. The Hall–Kier alpha value is -4.90. The second kappa shape index (κ2) is 12.6. The molecule has 0 saturated carbocycles. The number of aromatic nitrogens is 3. The summed E-state index contributed by atoms with van der Waals surface area (Å²) in [7, 11) is 0. The van der Waals surface area contributed by atoms with Crippen LogP contribution in [0.2, 0.25) is 0 Å². The van der Waals surface area contributed by atoms with Gasteiger partial charge in [-0.15, -0.1) is 18.3 Å². The number of hydrogen-bond donors (Lipinski definition) is 1. The lowest BCUT2D eigenvalue weighted by Gasteiger charge is -2.21. The first-order valence-electron chi connectivity index (χ1n) is 12.8. The molecule has 0 aliphatic carbocycles. The fourth-order valence-electron chi connectivity index (χ4n) is 4.11. The van der Waals surface area contributed by atoms with Gasteiger partial charge in [-0.2, -0.15) is 18.2 Å². The van der Waals surface area contributed by atoms with E-state index in [2.05, 4.69) is 25.3 Å². The highest BCUT2D eigenvalue weighted by molar-refractivity contribution is 8.15. The highest BCUT2D eigenvalue weighted by Gasteiger charge is 2.40. The number of carbonyl (C=O) groups excluding carboxylic acids is 2. The van der Waals surface area contributed by atoms with Gasteiger partial charge in [-0.25, -0.2) is 19.9 Å². The van der Waals surface area contributed by atoms with E-state index >= 15 is 0 Å². The van der Waals surface area contributed by atoms with Crippen molar-refractivity contribution >= 4 is 34.6 Å². The quantitative estimate of drug-likeness (QED) is 0.181. The molecule has 4 aromatic rings. The highest BCUT2D eigenvalue weighted by Crippen LogP contribution is 2.39. The molecule has 0 bridgehead atoms. The Morgan fingerprint density at radius 1 is 1.02 bits per heavy atom. The van der Waals surface area contributed by atoms with Gasteiger partial charge < -0.3 is 4.74 Å². The molecule has 17 heteroatoms. The van der Waals surface area contributed by atoms with Gasteiger partial charge in [0.2, 0.25) is 5.91 Å². The number of hydroxylamine groups is 1. The Labute approximate surface area is 254 Å². The Bertz CT molecular complexity index is 1740. The summed E-state index contributed by atoms with van der Waals surface area (Å²) in [6.07, 6.45) is -8.14. The maximum atomic E-state index is 13.6. The summed E-state index contributed by atoms with van der Waals surface area (Å²) in [6, 6.07) is 14.1. The number of benzene rings is 3. The van der Waals surface area contributed by atoms with E-state index in [1.54, 1.807) is 31.2 Å². The summed E-state index contributed by atoms with van der Waals surface area (Å²) in [5, 5.41) is 4.10. The van der Waals surface area contributed by atoms with Crippen LogP contribution in [0.1, 0.15) is 16.7 Å². The zero-order chi connectivity index (χ0) is 32.4. The fourth-order valence-corrected chi connectivity index (χ4v) is 4.97. The van der Waals surface area contributed by atoms with Crippen molar-refractivity contribution in [3.63, 3.8) is 0 Å². The van der Waals surface area contributed by atoms with E-state index in [1.165, 1.54) is 35.3 Å². The molecule has 5 rings (SSSR count). The van der Waals surface area contributed by atoms with E-state index in [-0.39, 0.29) is 23.3 Å². The van der Waals surface area contributed by atoms with Crippen molar-refractivity contribution in [1.82, 2.24) is 20.2 Å². The summed E-state index contributed by atoms with van der Waals surface area (Å²) >= 11 is 0.822.